The summed E-state index contributed by atoms with van der Waals surface area (Å²) in [5.74, 6) is 0.927. The lowest BCUT2D eigenvalue weighted by molar-refractivity contribution is 0.334. The molecule has 1 unspecified atom stereocenters. The largest absolute Gasteiger partial charge is 0.492 e. The van der Waals surface area contributed by atoms with Gasteiger partial charge in [-0.2, -0.15) is 0 Å². The molecule has 114 valence electrons. The topological polar surface area (TPSA) is 69.4 Å². The summed E-state index contributed by atoms with van der Waals surface area (Å²) in [4.78, 5) is 0. The van der Waals surface area contributed by atoms with Gasteiger partial charge in [0.15, 0.2) is 9.84 Å². The third-order valence-electron chi connectivity index (χ3n) is 2.94. The molecule has 0 aliphatic carbocycles. The van der Waals surface area contributed by atoms with Gasteiger partial charge < -0.3 is 10.5 Å². The highest BCUT2D eigenvalue weighted by molar-refractivity contribution is 9.10. The minimum Gasteiger partial charge on any atom is -0.492 e. The summed E-state index contributed by atoms with van der Waals surface area (Å²) in [6, 6.07) is 3.94. The van der Waals surface area contributed by atoms with E-state index < -0.39 is 9.84 Å². The van der Waals surface area contributed by atoms with E-state index in [-0.39, 0.29) is 24.2 Å². The van der Waals surface area contributed by atoms with Crippen molar-refractivity contribution in [2.45, 2.75) is 33.2 Å². The molecule has 4 nitrogen and oxygen atoms in total. The normalized spacial score (nSPS) is 13.2. The van der Waals surface area contributed by atoms with E-state index in [1.807, 2.05) is 26.0 Å². The van der Waals surface area contributed by atoms with Crippen molar-refractivity contribution in [3.05, 3.63) is 27.7 Å². The van der Waals surface area contributed by atoms with Crippen molar-refractivity contribution in [1.82, 2.24) is 0 Å². The number of rotatable bonds is 7. The molecule has 0 heterocycles. The lowest BCUT2D eigenvalue weighted by Crippen LogP contribution is -2.20. The van der Waals surface area contributed by atoms with Gasteiger partial charge in [-0.1, -0.05) is 22.9 Å². The fraction of sp³-hybridized carbons (Fsp3) is 0.571. The Balaban J connectivity index is 2.87. The highest BCUT2D eigenvalue weighted by atomic mass is 79.9. The predicted molar refractivity (Wildman–Crippen MR) is 86.1 cm³/mol. The van der Waals surface area contributed by atoms with Crippen molar-refractivity contribution in [1.29, 1.82) is 0 Å². The molecular formula is C14H22BrNO3S. The first kappa shape index (κ1) is 17.5. The monoisotopic (exact) mass is 363 g/mol. The van der Waals surface area contributed by atoms with Crippen LogP contribution in [0.15, 0.2) is 16.6 Å². The number of sulfone groups is 1. The number of hydrogen-bond acceptors (Lipinski definition) is 4. The van der Waals surface area contributed by atoms with Crippen molar-refractivity contribution in [3.8, 4) is 5.75 Å². The average molecular weight is 364 g/mol. The van der Waals surface area contributed by atoms with Crippen LogP contribution in [0.4, 0.5) is 0 Å². The van der Waals surface area contributed by atoms with Crippen molar-refractivity contribution < 1.29 is 13.2 Å². The zero-order chi connectivity index (χ0) is 15.3. The molecule has 0 aliphatic rings. The first-order valence-electron chi connectivity index (χ1n) is 6.63. The van der Waals surface area contributed by atoms with E-state index >= 15 is 0 Å². The molecule has 0 amide bonds. The predicted octanol–water partition coefficient (Wildman–Crippen LogP) is 2.46. The highest BCUT2D eigenvalue weighted by Gasteiger charge is 2.13. The fourth-order valence-corrected chi connectivity index (χ4v) is 3.17. The number of halogens is 1. The van der Waals surface area contributed by atoms with E-state index in [2.05, 4.69) is 15.9 Å². The molecular weight excluding hydrogens is 342 g/mol. The van der Waals surface area contributed by atoms with Crippen molar-refractivity contribution in [2.24, 2.45) is 5.73 Å². The minimum absolute atomic E-state index is 0.0189. The van der Waals surface area contributed by atoms with Crippen LogP contribution in [0.25, 0.3) is 0 Å². The van der Waals surface area contributed by atoms with Crippen LogP contribution < -0.4 is 10.5 Å². The van der Waals surface area contributed by atoms with Crippen molar-refractivity contribution in [2.75, 3.05) is 18.1 Å². The molecule has 0 saturated heterocycles. The third-order valence-corrected chi connectivity index (χ3v) is 5.06. The van der Waals surface area contributed by atoms with Crippen LogP contribution in [-0.2, 0) is 16.3 Å². The highest BCUT2D eigenvalue weighted by Crippen LogP contribution is 2.29. The van der Waals surface area contributed by atoms with E-state index in [0.717, 1.165) is 21.3 Å². The Kier molecular flexibility index (Phi) is 6.48. The number of ether oxygens (including phenoxy) is 1. The van der Waals surface area contributed by atoms with Gasteiger partial charge in [-0.3, -0.25) is 0 Å². The number of nitrogens with two attached hydrogens (primary N) is 1. The fourth-order valence-electron chi connectivity index (χ4n) is 1.92. The molecule has 6 heteroatoms. The van der Waals surface area contributed by atoms with E-state index in [1.54, 1.807) is 6.92 Å². The van der Waals surface area contributed by atoms with Gasteiger partial charge in [0.1, 0.15) is 12.4 Å². The van der Waals surface area contributed by atoms with Crippen LogP contribution >= 0.6 is 15.9 Å². The van der Waals surface area contributed by atoms with Gasteiger partial charge in [0.25, 0.3) is 0 Å². The molecule has 1 atom stereocenters. The van der Waals surface area contributed by atoms with Crippen molar-refractivity contribution >= 4 is 25.8 Å². The summed E-state index contributed by atoms with van der Waals surface area (Å²) in [5, 5.41) is 0. The second-order valence-corrected chi connectivity index (χ2v) is 8.37. The second-order valence-electron chi connectivity index (χ2n) is 4.98. The summed E-state index contributed by atoms with van der Waals surface area (Å²) in [6.45, 7) is 5.69. The summed E-state index contributed by atoms with van der Waals surface area (Å²) in [5.41, 5.74) is 7.82. The summed E-state index contributed by atoms with van der Waals surface area (Å²) in [7, 11) is -3.01. The Labute approximate surface area is 129 Å². The van der Waals surface area contributed by atoms with Crippen LogP contribution in [0.5, 0.6) is 5.75 Å². The van der Waals surface area contributed by atoms with Crippen LogP contribution in [0.1, 0.15) is 25.0 Å². The first-order valence-corrected chi connectivity index (χ1v) is 9.24. The molecule has 0 bridgehead atoms. The quantitative estimate of drug-likeness (QED) is 0.807. The van der Waals surface area contributed by atoms with Gasteiger partial charge >= 0.3 is 0 Å². The van der Waals surface area contributed by atoms with Crippen LogP contribution in [0.3, 0.4) is 0 Å². The smallest absolute Gasteiger partial charge is 0.153 e. The summed E-state index contributed by atoms with van der Waals surface area (Å²) < 4.78 is 29.6. The Morgan fingerprint density at radius 1 is 1.40 bits per heavy atom. The molecule has 1 rings (SSSR count). The van der Waals surface area contributed by atoms with Gasteiger partial charge in [0, 0.05) is 16.3 Å². The number of hydrogen-bond donors (Lipinski definition) is 1. The molecule has 0 aliphatic heterocycles. The van der Waals surface area contributed by atoms with Gasteiger partial charge in [0.05, 0.1) is 5.75 Å². The summed E-state index contributed by atoms with van der Waals surface area (Å²) in [6.07, 6.45) is 0.691. The molecule has 20 heavy (non-hydrogen) atoms. The van der Waals surface area contributed by atoms with Gasteiger partial charge in [-0.25, -0.2) is 8.42 Å². The zero-order valence-electron chi connectivity index (χ0n) is 12.1. The molecule has 0 fully saturated rings. The summed E-state index contributed by atoms with van der Waals surface area (Å²) >= 11 is 3.46. The van der Waals surface area contributed by atoms with E-state index in [4.69, 9.17) is 10.5 Å². The van der Waals surface area contributed by atoms with Gasteiger partial charge in [-0.05, 0) is 43.5 Å². The Bertz CT molecular complexity index is 556. The Morgan fingerprint density at radius 3 is 2.60 bits per heavy atom. The minimum atomic E-state index is -3.01. The van der Waals surface area contributed by atoms with Crippen LogP contribution in [0, 0.1) is 6.92 Å². The average Bonchev–Trinajstić information content (AvgIpc) is 2.31. The van der Waals surface area contributed by atoms with Crippen LogP contribution in [-0.4, -0.2) is 32.6 Å². The first-order chi connectivity index (χ1) is 9.25. The Hall–Kier alpha value is -0.590. The lowest BCUT2D eigenvalue weighted by Gasteiger charge is -2.16. The van der Waals surface area contributed by atoms with E-state index in [1.165, 1.54) is 0 Å². The maximum Gasteiger partial charge on any atom is 0.153 e. The molecule has 0 spiro atoms. The third kappa shape index (κ3) is 5.42. The van der Waals surface area contributed by atoms with Crippen molar-refractivity contribution in [3.63, 3.8) is 0 Å². The SMILES string of the molecule is CCS(=O)(=O)CCOc1c(C)cc(Br)cc1CC(C)N. The molecule has 1 aromatic carbocycles. The molecule has 0 saturated carbocycles. The maximum atomic E-state index is 11.5. The van der Waals surface area contributed by atoms with Gasteiger partial charge in [-0.15, -0.1) is 0 Å². The number of benzene rings is 1. The zero-order valence-corrected chi connectivity index (χ0v) is 14.6. The van der Waals surface area contributed by atoms with Crippen LogP contribution in [0.2, 0.25) is 0 Å². The molecule has 2 N–H and O–H groups in total. The maximum absolute atomic E-state index is 11.5. The molecule has 0 radical (unpaired) electrons. The Morgan fingerprint density at radius 2 is 2.05 bits per heavy atom. The molecule has 1 aromatic rings. The van der Waals surface area contributed by atoms with E-state index in [9.17, 15) is 8.42 Å². The number of aryl methyl sites for hydroxylation is 1. The van der Waals surface area contributed by atoms with Gasteiger partial charge in [0.2, 0.25) is 0 Å². The van der Waals surface area contributed by atoms with E-state index in [0.29, 0.717) is 6.42 Å². The lowest BCUT2D eigenvalue weighted by atomic mass is 10.0. The standard InChI is InChI=1S/C14H22BrNO3S/c1-4-20(17,18)6-5-19-14-10(2)7-13(15)9-12(14)8-11(3)16/h7,9,11H,4-6,8,16H2,1-3H3. The second kappa shape index (κ2) is 7.43. The molecule has 0 aromatic heterocycles.